The minimum atomic E-state index is 0.0240. The molecule has 0 amide bonds. The van der Waals surface area contributed by atoms with E-state index in [0.29, 0.717) is 23.3 Å². The molecule has 0 radical (unpaired) electrons. The molecule has 0 unspecified atom stereocenters. The van der Waals surface area contributed by atoms with E-state index < -0.39 is 0 Å². The van der Waals surface area contributed by atoms with Gasteiger partial charge >= 0.3 is 0 Å². The molecule has 4 heteroatoms. The van der Waals surface area contributed by atoms with Gasteiger partial charge in [-0.15, -0.1) is 6.42 Å². The number of allylic oxidation sites excluding steroid dienone is 1. The molecule has 0 bridgehead atoms. The molecule has 2 aliphatic carbocycles. The molecule has 1 spiro atoms. The number of nitrogens with zero attached hydrogens (tertiary/aromatic N) is 2. The van der Waals surface area contributed by atoms with E-state index >= 15 is 0 Å². The molecule has 4 rings (SSSR count). The van der Waals surface area contributed by atoms with Gasteiger partial charge in [-0.1, -0.05) is 12.3 Å². The second-order valence-electron chi connectivity index (χ2n) is 7.19. The van der Waals surface area contributed by atoms with E-state index in [0.717, 1.165) is 29.9 Å². The third-order valence-corrected chi connectivity index (χ3v) is 5.99. The van der Waals surface area contributed by atoms with Crippen LogP contribution in [0, 0.1) is 17.8 Å². The van der Waals surface area contributed by atoms with Crippen LogP contribution in [0.4, 0.5) is 0 Å². The lowest BCUT2D eigenvalue weighted by Crippen LogP contribution is -2.43. The van der Waals surface area contributed by atoms with Crippen LogP contribution < -0.4 is 4.74 Å². The maximum absolute atomic E-state index is 12.5. The smallest absolute Gasteiger partial charge is 0.213 e. The Morgan fingerprint density at radius 2 is 2.04 bits per heavy atom. The molecule has 1 saturated carbocycles. The van der Waals surface area contributed by atoms with Crippen LogP contribution in [0.5, 0.6) is 5.88 Å². The van der Waals surface area contributed by atoms with Crippen LogP contribution in [-0.2, 0) is 11.2 Å². The minimum absolute atomic E-state index is 0.0240. The van der Waals surface area contributed by atoms with Crippen molar-refractivity contribution in [3.8, 4) is 18.2 Å². The Morgan fingerprint density at radius 3 is 2.62 bits per heavy atom. The third-order valence-electron chi connectivity index (χ3n) is 5.99. The molecule has 2 heterocycles. The number of terminal acetylenes is 1. The number of aromatic nitrogens is 1. The molecule has 3 aliphatic rings. The molecule has 0 aromatic carbocycles. The summed E-state index contributed by atoms with van der Waals surface area (Å²) in [6, 6.07) is 1.92. The summed E-state index contributed by atoms with van der Waals surface area (Å²) in [5.74, 6) is 3.24. The first kappa shape index (κ1) is 15.3. The van der Waals surface area contributed by atoms with Crippen molar-refractivity contribution in [1.29, 1.82) is 0 Å². The number of carbonyl (C=O) groups excluding carboxylic acids is 1. The zero-order valence-corrected chi connectivity index (χ0v) is 14.1. The molecule has 2 fully saturated rings. The third kappa shape index (κ3) is 2.31. The summed E-state index contributed by atoms with van der Waals surface area (Å²) in [5.41, 5.74) is 3.95. The highest BCUT2D eigenvalue weighted by Crippen LogP contribution is 2.50. The fraction of sp³-hybridized carbons (Fsp3) is 0.500. The summed E-state index contributed by atoms with van der Waals surface area (Å²) in [7, 11) is 1.61. The Kier molecular flexibility index (Phi) is 3.60. The van der Waals surface area contributed by atoms with Gasteiger partial charge in [0, 0.05) is 37.3 Å². The molecular formula is C20H22N2O2. The van der Waals surface area contributed by atoms with Gasteiger partial charge in [0.05, 0.1) is 18.4 Å². The Bertz CT molecular complexity index is 758. The van der Waals surface area contributed by atoms with Crippen molar-refractivity contribution in [1.82, 2.24) is 9.88 Å². The van der Waals surface area contributed by atoms with Crippen molar-refractivity contribution in [3.63, 3.8) is 0 Å². The lowest BCUT2D eigenvalue weighted by atomic mass is 9.63. The van der Waals surface area contributed by atoms with Crippen molar-refractivity contribution in [2.75, 3.05) is 20.2 Å². The number of methoxy groups -OCH3 is 1. The number of pyridine rings is 1. The number of Topliss-reactive ketones (excluding diaryl/α,β-unsaturated/α-hetero) is 1. The maximum Gasteiger partial charge on any atom is 0.213 e. The number of carbonyl (C=O) groups is 1. The van der Waals surface area contributed by atoms with Crippen molar-refractivity contribution >= 4 is 11.5 Å². The van der Waals surface area contributed by atoms with Crippen LogP contribution in [0.15, 0.2) is 17.8 Å². The van der Waals surface area contributed by atoms with E-state index in [1.807, 2.05) is 6.07 Å². The van der Waals surface area contributed by atoms with Crippen molar-refractivity contribution in [2.45, 2.75) is 38.5 Å². The van der Waals surface area contributed by atoms with Gasteiger partial charge in [0.2, 0.25) is 5.88 Å². The summed E-state index contributed by atoms with van der Waals surface area (Å²) in [4.78, 5) is 19.1. The highest BCUT2D eigenvalue weighted by molar-refractivity contribution is 6.10. The highest BCUT2D eigenvalue weighted by atomic mass is 16.5. The Balaban J connectivity index is 1.73. The molecule has 1 aromatic heterocycles. The van der Waals surface area contributed by atoms with Crippen LogP contribution in [0.3, 0.4) is 0 Å². The van der Waals surface area contributed by atoms with Crippen molar-refractivity contribution in [3.05, 3.63) is 29.0 Å². The molecule has 4 nitrogen and oxygen atoms in total. The normalized spacial score (nSPS) is 22.0. The van der Waals surface area contributed by atoms with E-state index in [2.05, 4.69) is 15.8 Å². The van der Waals surface area contributed by atoms with Crippen LogP contribution in [0.25, 0.3) is 5.70 Å². The predicted molar refractivity (Wildman–Crippen MR) is 92.3 cm³/mol. The van der Waals surface area contributed by atoms with Crippen LogP contribution in [-0.4, -0.2) is 35.9 Å². The van der Waals surface area contributed by atoms with Gasteiger partial charge in [-0.05, 0) is 36.7 Å². The number of fused-ring (bicyclic) bond motifs is 1. The topological polar surface area (TPSA) is 42.4 Å². The number of ketones is 1. The van der Waals surface area contributed by atoms with E-state index in [1.54, 1.807) is 13.3 Å². The Morgan fingerprint density at radius 1 is 1.29 bits per heavy atom. The lowest BCUT2D eigenvalue weighted by Gasteiger charge is -2.49. The average molecular weight is 322 g/mol. The molecule has 124 valence electrons. The molecule has 0 atom stereocenters. The number of hydrogen-bond donors (Lipinski definition) is 0. The summed E-state index contributed by atoms with van der Waals surface area (Å²) in [6.45, 7) is 1.94. The van der Waals surface area contributed by atoms with Gasteiger partial charge in [0.15, 0.2) is 5.78 Å². The van der Waals surface area contributed by atoms with Crippen molar-refractivity contribution < 1.29 is 9.53 Å². The predicted octanol–water partition coefficient (Wildman–Crippen LogP) is 2.83. The van der Waals surface area contributed by atoms with Gasteiger partial charge < -0.3 is 9.64 Å². The van der Waals surface area contributed by atoms with E-state index in [-0.39, 0.29) is 5.78 Å². The number of likely N-dealkylation sites (tertiary alicyclic amines) is 1. The lowest BCUT2D eigenvalue weighted by molar-refractivity contribution is -0.114. The fourth-order valence-electron chi connectivity index (χ4n) is 4.32. The summed E-state index contributed by atoms with van der Waals surface area (Å²) in [5, 5.41) is 0. The Labute approximate surface area is 142 Å². The zero-order chi connectivity index (χ0) is 16.7. The van der Waals surface area contributed by atoms with Crippen LogP contribution in [0.2, 0.25) is 0 Å². The monoisotopic (exact) mass is 322 g/mol. The first-order chi connectivity index (χ1) is 11.7. The van der Waals surface area contributed by atoms with Crippen LogP contribution >= 0.6 is 0 Å². The summed E-state index contributed by atoms with van der Waals surface area (Å²) < 4.78 is 5.28. The van der Waals surface area contributed by atoms with E-state index in [9.17, 15) is 4.79 Å². The highest BCUT2D eigenvalue weighted by Gasteiger charge is 2.41. The number of hydrogen-bond acceptors (Lipinski definition) is 4. The largest absolute Gasteiger partial charge is 0.481 e. The van der Waals surface area contributed by atoms with Gasteiger partial charge in [0.1, 0.15) is 0 Å². The number of piperidine rings is 1. The molecule has 1 aromatic rings. The summed E-state index contributed by atoms with van der Waals surface area (Å²) in [6.07, 6.45) is 14.2. The van der Waals surface area contributed by atoms with Gasteiger partial charge in [-0.3, -0.25) is 4.79 Å². The second-order valence-corrected chi connectivity index (χ2v) is 7.19. The first-order valence-electron chi connectivity index (χ1n) is 8.68. The molecule has 24 heavy (non-hydrogen) atoms. The SMILES string of the molecule is C#CC1=C(N2CCC3(CCC3)CC2)c2cc(OC)ncc2CC1=O. The summed E-state index contributed by atoms with van der Waals surface area (Å²) >= 11 is 0. The number of rotatable bonds is 2. The van der Waals surface area contributed by atoms with Crippen LogP contribution in [0.1, 0.15) is 43.2 Å². The molecule has 1 aliphatic heterocycles. The first-order valence-corrected chi connectivity index (χ1v) is 8.68. The fourth-order valence-corrected chi connectivity index (χ4v) is 4.32. The average Bonchev–Trinajstić information content (AvgIpc) is 2.59. The molecular weight excluding hydrogens is 300 g/mol. The van der Waals surface area contributed by atoms with Gasteiger partial charge in [-0.2, -0.15) is 0 Å². The second kappa shape index (κ2) is 5.66. The van der Waals surface area contributed by atoms with E-state index in [1.165, 1.54) is 32.1 Å². The molecule has 0 N–H and O–H groups in total. The van der Waals surface area contributed by atoms with E-state index in [4.69, 9.17) is 11.2 Å². The Hall–Kier alpha value is -2.28. The van der Waals surface area contributed by atoms with Gasteiger partial charge in [0.25, 0.3) is 0 Å². The standard InChI is InChI=1S/C20H22N2O2/c1-3-15-17(23)11-14-13-21-18(24-2)12-16(14)19(15)22-9-7-20(8-10-22)5-4-6-20/h1,12-13H,4-11H2,2H3. The van der Waals surface area contributed by atoms with Crippen molar-refractivity contribution in [2.24, 2.45) is 5.41 Å². The van der Waals surface area contributed by atoms with Gasteiger partial charge in [-0.25, -0.2) is 4.98 Å². The quantitative estimate of drug-likeness (QED) is 0.785. The minimum Gasteiger partial charge on any atom is -0.481 e. The maximum atomic E-state index is 12.5. The zero-order valence-electron chi connectivity index (χ0n) is 14.1. The number of ether oxygens (including phenoxy) is 1. The molecule has 1 saturated heterocycles.